The number of carbonyl (C=O) groups is 1. The molecule has 0 bridgehead atoms. The Balaban J connectivity index is 1.98. The fourth-order valence-electron chi connectivity index (χ4n) is 1.75. The molecule has 6 nitrogen and oxygen atoms in total. The summed E-state index contributed by atoms with van der Waals surface area (Å²) in [6, 6.07) is 1.84. The smallest absolute Gasteiger partial charge is 0.224 e. The highest BCUT2D eigenvalue weighted by atomic mass is 16.2. The molecule has 1 aromatic rings. The van der Waals surface area contributed by atoms with Crippen LogP contribution in [0.2, 0.25) is 0 Å². The molecule has 2 heterocycles. The molecule has 1 aromatic heterocycles. The van der Waals surface area contributed by atoms with Crippen LogP contribution in [0.15, 0.2) is 12.3 Å². The van der Waals surface area contributed by atoms with Crippen molar-refractivity contribution in [1.82, 2.24) is 14.9 Å². The minimum absolute atomic E-state index is 0.187. The Morgan fingerprint density at radius 3 is 3.12 bits per heavy atom. The molecule has 1 atom stereocenters. The van der Waals surface area contributed by atoms with Gasteiger partial charge in [-0.2, -0.15) is 4.98 Å². The summed E-state index contributed by atoms with van der Waals surface area (Å²) < 4.78 is 0. The number of hydrogen-bond donors (Lipinski definition) is 2. The van der Waals surface area contributed by atoms with Gasteiger partial charge in [0.1, 0.15) is 5.82 Å². The van der Waals surface area contributed by atoms with Gasteiger partial charge in [-0.05, 0) is 12.5 Å². The van der Waals surface area contributed by atoms with E-state index in [0.717, 1.165) is 6.42 Å². The highest BCUT2D eigenvalue weighted by Gasteiger charge is 2.23. The van der Waals surface area contributed by atoms with Crippen molar-refractivity contribution in [3.63, 3.8) is 0 Å². The maximum absolute atomic E-state index is 11.3. The maximum atomic E-state index is 11.3. The van der Waals surface area contributed by atoms with Gasteiger partial charge in [0, 0.05) is 32.3 Å². The molecule has 3 N–H and O–H groups in total. The summed E-state index contributed by atoms with van der Waals surface area (Å²) >= 11 is 0. The van der Waals surface area contributed by atoms with E-state index in [1.54, 1.807) is 24.2 Å². The number of nitrogen functional groups attached to an aromatic ring is 1. The molecular formula is C10H15N5O. The van der Waals surface area contributed by atoms with E-state index in [9.17, 15) is 4.79 Å². The zero-order valence-electron chi connectivity index (χ0n) is 9.18. The van der Waals surface area contributed by atoms with Crippen LogP contribution in [0.4, 0.5) is 11.8 Å². The van der Waals surface area contributed by atoms with Crippen LogP contribution in [-0.2, 0) is 4.79 Å². The minimum Gasteiger partial charge on any atom is -0.384 e. The van der Waals surface area contributed by atoms with Crippen molar-refractivity contribution in [3.05, 3.63) is 12.3 Å². The zero-order valence-corrected chi connectivity index (χ0v) is 9.18. The number of piperidine rings is 1. The molecule has 1 unspecified atom stereocenters. The molecule has 1 amide bonds. The molecular weight excluding hydrogens is 206 g/mol. The fraction of sp³-hybridized carbons (Fsp3) is 0.500. The zero-order chi connectivity index (χ0) is 11.5. The SMILES string of the molecule is CN1CC(Nc2nccc(N)n2)CCC1=O. The standard InChI is InChI=1S/C10H15N5O/c1-15-6-7(2-3-9(15)16)13-10-12-5-4-8(11)14-10/h4-5,7H,2-3,6H2,1H3,(H3,11,12,13,14). The van der Waals surface area contributed by atoms with E-state index in [-0.39, 0.29) is 11.9 Å². The highest BCUT2D eigenvalue weighted by molar-refractivity contribution is 5.76. The number of anilines is 2. The summed E-state index contributed by atoms with van der Waals surface area (Å²) in [7, 11) is 1.80. The third-order valence-corrected chi connectivity index (χ3v) is 2.64. The van der Waals surface area contributed by atoms with Crippen LogP contribution in [0.3, 0.4) is 0 Å². The number of nitrogens with two attached hydrogens (primary N) is 1. The van der Waals surface area contributed by atoms with Crippen LogP contribution in [0.25, 0.3) is 0 Å². The predicted molar refractivity (Wildman–Crippen MR) is 60.7 cm³/mol. The number of likely N-dealkylation sites (N-methyl/N-ethyl adjacent to an activating group) is 1. The number of nitrogens with zero attached hydrogens (tertiary/aromatic N) is 3. The second kappa shape index (κ2) is 4.34. The van der Waals surface area contributed by atoms with E-state index in [2.05, 4.69) is 15.3 Å². The minimum atomic E-state index is 0.187. The van der Waals surface area contributed by atoms with Crippen molar-refractivity contribution >= 4 is 17.7 Å². The monoisotopic (exact) mass is 221 g/mol. The van der Waals surface area contributed by atoms with Gasteiger partial charge in [-0.1, -0.05) is 0 Å². The average Bonchev–Trinajstić information content (AvgIpc) is 2.24. The molecule has 1 saturated heterocycles. The molecule has 0 aromatic carbocycles. The normalized spacial score (nSPS) is 20.9. The molecule has 1 aliphatic rings. The summed E-state index contributed by atoms with van der Waals surface area (Å²) in [6.07, 6.45) is 2.99. The van der Waals surface area contributed by atoms with E-state index in [1.807, 2.05) is 0 Å². The number of aromatic nitrogens is 2. The Bertz CT molecular complexity index is 395. The lowest BCUT2D eigenvalue weighted by molar-refractivity contribution is -0.132. The van der Waals surface area contributed by atoms with Crippen LogP contribution in [0.1, 0.15) is 12.8 Å². The third-order valence-electron chi connectivity index (χ3n) is 2.64. The Hall–Kier alpha value is -1.85. The van der Waals surface area contributed by atoms with Crippen molar-refractivity contribution in [1.29, 1.82) is 0 Å². The van der Waals surface area contributed by atoms with Crippen LogP contribution in [-0.4, -0.2) is 40.4 Å². The number of hydrogen-bond acceptors (Lipinski definition) is 5. The number of likely N-dealkylation sites (tertiary alicyclic amines) is 1. The van der Waals surface area contributed by atoms with Crippen molar-refractivity contribution < 1.29 is 4.79 Å². The molecule has 6 heteroatoms. The van der Waals surface area contributed by atoms with Gasteiger partial charge in [0.15, 0.2) is 0 Å². The van der Waals surface area contributed by atoms with Gasteiger partial charge in [-0.25, -0.2) is 4.98 Å². The molecule has 1 fully saturated rings. The molecule has 16 heavy (non-hydrogen) atoms. The molecule has 0 aliphatic carbocycles. The van der Waals surface area contributed by atoms with Crippen molar-refractivity contribution in [2.45, 2.75) is 18.9 Å². The van der Waals surface area contributed by atoms with Crippen molar-refractivity contribution in [2.24, 2.45) is 0 Å². The van der Waals surface area contributed by atoms with Crippen LogP contribution in [0.5, 0.6) is 0 Å². The van der Waals surface area contributed by atoms with Gasteiger partial charge in [-0.15, -0.1) is 0 Å². The number of rotatable bonds is 2. The van der Waals surface area contributed by atoms with Crippen molar-refractivity contribution in [3.8, 4) is 0 Å². The Morgan fingerprint density at radius 2 is 2.44 bits per heavy atom. The third kappa shape index (κ3) is 2.39. The lowest BCUT2D eigenvalue weighted by Crippen LogP contribution is -2.43. The van der Waals surface area contributed by atoms with E-state index in [1.165, 1.54) is 0 Å². The first-order valence-electron chi connectivity index (χ1n) is 5.24. The Labute approximate surface area is 93.9 Å². The van der Waals surface area contributed by atoms with Gasteiger partial charge in [0.25, 0.3) is 0 Å². The molecule has 86 valence electrons. The maximum Gasteiger partial charge on any atom is 0.224 e. The summed E-state index contributed by atoms with van der Waals surface area (Å²) in [6.45, 7) is 0.678. The average molecular weight is 221 g/mol. The summed E-state index contributed by atoms with van der Waals surface area (Å²) in [5, 5.41) is 3.18. The molecule has 0 radical (unpaired) electrons. The van der Waals surface area contributed by atoms with E-state index in [0.29, 0.717) is 24.7 Å². The van der Waals surface area contributed by atoms with E-state index in [4.69, 9.17) is 5.73 Å². The van der Waals surface area contributed by atoms with Crippen LogP contribution >= 0.6 is 0 Å². The first kappa shape index (κ1) is 10.7. The first-order valence-corrected chi connectivity index (χ1v) is 5.24. The largest absolute Gasteiger partial charge is 0.384 e. The predicted octanol–water partition coefficient (Wildman–Crippen LogP) is 0.0915. The lowest BCUT2D eigenvalue weighted by atomic mass is 10.1. The molecule has 1 aliphatic heterocycles. The highest BCUT2D eigenvalue weighted by Crippen LogP contribution is 2.13. The first-order chi connectivity index (χ1) is 7.65. The molecule has 0 saturated carbocycles. The second-order valence-corrected chi connectivity index (χ2v) is 3.96. The van der Waals surface area contributed by atoms with Gasteiger partial charge >= 0.3 is 0 Å². The lowest BCUT2D eigenvalue weighted by Gasteiger charge is -2.30. The molecule has 2 rings (SSSR count). The number of nitrogens with one attached hydrogen (secondary N) is 1. The van der Waals surface area contributed by atoms with Gasteiger partial charge in [0.2, 0.25) is 11.9 Å². The van der Waals surface area contributed by atoms with E-state index >= 15 is 0 Å². The van der Waals surface area contributed by atoms with Gasteiger partial charge in [0.05, 0.1) is 0 Å². The van der Waals surface area contributed by atoms with Crippen LogP contribution < -0.4 is 11.1 Å². The Kier molecular flexibility index (Phi) is 2.89. The topological polar surface area (TPSA) is 84.1 Å². The number of amides is 1. The fourth-order valence-corrected chi connectivity index (χ4v) is 1.75. The summed E-state index contributed by atoms with van der Waals surface area (Å²) in [5.74, 6) is 1.15. The molecule has 0 spiro atoms. The Morgan fingerprint density at radius 1 is 1.62 bits per heavy atom. The summed E-state index contributed by atoms with van der Waals surface area (Å²) in [5.41, 5.74) is 5.56. The van der Waals surface area contributed by atoms with Crippen LogP contribution in [0, 0.1) is 0 Å². The quantitative estimate of drug-likeness (QED) is 0.739. The van der Waals surface area contributed by atoms with Gasteiger partial charge < -0.3 is 16.0 Å². The second-order valence-electron chi connectivity index (χ2n) is 3.96. The van der Waals surface area contributed by atoms with Crippen molar-refractivity contribution in [2.75, 3.05) is 24.6 Å². The number of carbonyl (C=O) groups excluding carboxylic acids is 1. The van der Waals surface area contributed by atoms with Gasteiger partial charge in [-0.3, -0.25) is 4.79 Å². The summed E-state index contributed by atoms with van der Waals surface area (Å²) in [4.78, 5) is 21.1. The van der Waals surface area contributed by atoms with E-state index < -0.39 is 0 Å².